The Morgan fingerprint density at radius 2 is 2.27 bits per heavy atom. The minimum Gasteiger partial charge on any atom is -0.383 e. The van der Waals surface area contributed by atoms with Crippen LogP contribution in [0.1, 0.15) is 20.3 Å². The Balaban J connectivity index is 2.64. The summed E-state index contributed by atoms with van der Waals surface area (Å²) in [7, 11) is 0. The summed E-state index contributed by atoms with van der Waals surface area (Å²) >= 11 is 1.49. The van der Waals surface area contributed by atoms with Gasteiger partial charge >= 0.3 is 0 Å². The van der Waals surface area contributed by atoms with E-state index in [1.165, 1.54) is 11.8 Å². The first kappa shape index (κ1) is 12.1. The molecule has 15 heavy (non-hydrogen) atoms. The predicted octanol–water partition coefficient (Wildman–Crippen LogP) is 2.24. The molecule has 1 atom stereocenters. The van der Waals surface area contributed by atoms with Gasteiger partial charge in [0.25, 0.3) is 0 Å². The van der Waals surface area contributed by atoms with Crippen LogP contribution in [0.15, 0.2) is 11.2 Å². The van der Waals surface area contributed by atoms with E-state index in [9.17, 15) is 0 Å². The maximum absolute atomic E-state index is 5.67. The second-order valence-corrected chi connectivity index (χ2v) is 4.33. The molecule has 0 aliphatic heterocycles. The van der Waals surface area contributed by atoms with E-state index in [0.29, 0.717) is 16.9 Å². The first-order chi connectivity index (χ1) is 7.15. The lowest BCUT2D eigenvalue weighted by molar-refractivity contribution is 0.592. The summed E-state index contributed by atoms with van der Waals surface area (Å²) in [6, 6.07) is 1.77. The number of aromatic nitrogens is 2. The number of rotatable bonds is 5. The molecule has 0 aromatic carbocycles. The largest absolute Gasteiger partial charge is 0.383 e. The zero-order valence-corrected chi connectivity index (χ0v) is 10.3. The van der Waals surface area contributed by atoms with Crippen molar-refractivity contribution < 1.29 is 0 Å². The number of nitrogens with one attached hydrogen (secondary N) is 1. The van der Waals surface area contributed by atoms with Crippen molar-refractivity contribution in [2.75, 3.05) is 23.9 Å². The molecule has 0 bridgehead atoms. The Kier molecular flexibility index (Phi) is 4.68. The second kappa shape index (κ2) is 5.80. The first-order valence-corrected chi connectivity index (χ1v) is 6.30. The molecule has 0 fully saturated rings. The maximum atomic E-state index is 5.67. The van der Waals surface area contributed by atoms with Crippen LogP contribution in [0.5, 0.6) is 0 Å². The molecule has 1 unspecified atom stereocenters. The van der Waals surface area contributed by atoms with Gasteiger partial charge in [-0.1, -0.05) is 32.0 Å². The highest BCUT2D eigenvalue weighted by Crippen LogP contribution is 2.15. The molecule has 0 amide bonds. The fourth-order valence-electron chi connectivity index (χ4n) is 1.05. The molecular weight excluding hydrogens is 208 g/mol. The molecule has 0 spiro atoms. The van der Waals surface area contributed by atoms with Crippen molar-refractivity contribution in [3.63, 3.8) is 0 Å². The van der Waals surface area contributed by atoms with Crippen molar-refractivity contribution in [3.05, 3.63) is 6.07 Å². The minimum atomic E-state index is 0.515. The van der Waals surface area contributed by atoms with Crippen molar-refractivity contribution in [1.82, 2.24) is 9.97 Å². The Hall–Kier alpha value is -0.970. The molecule has 4 nitrogen and oxygen atoms in total. The van der Waals surface area contributed by atoms with E-state index in [-0.39, 0.29) is 0 Å². The van der Waals surface area contributed by atoms with E-state index in [2.05, 4.69) is 29.1 Å². The number of anilines is 2. The number of nitrogen functional groups attached to an aromatic ring is 1. The molecule has 0 radical (unpaired) electrons. The third-order valence-electron chi connectivity index (χ3n) is 2.24. The van der Waals surface area contributed by atoms with Crippen LogP contribution < -0.4 is 11.1 Å². The summed E-state index contributed by atoms with van der Waals surface area (Å²) in [4.78, 5) is 8.41. The molecule has 0 saturated carbocycles. The van der Waals surface area contributed by atoms with Crippen LogP contribution in [0.25, 0.3) is 0 Å². The lowest BCUT2D eigenvalue weighted by Crippen LogP contribution is -2.12. The van der Waals surface area contributed by atoms with Gasteiger partial charge in [-0.15, -0.1) is 0 Å². The van der Waals surface area contributed by atoms with E-state index in [0.717, 1.165) is 18.8 Å². The third kappa shape index (κ3) is 3.95. The topological polar surface area (TPSA) is 63.8 Å². The smallest absolute Gasteiger partial charge is 0.191 e. The standard InChI is InChI=1S/C10H18N4S/c1-4-7(2)6-12-9-5-8(11)13-10(14-9)15-3/h5,7H,4,6H2,1-3H3,(H3,11,12,13,14). The minimum absolute atomic E-state index is 0.515. The van der Waals surface area contributed by atoms with Gasteiger partial charge in [-0.25, -0.2) is 9.97 Å². The molecular formula is C10H18N4S. The highest BCUT2D eigenvalue weighted by atomic mass is 32.2. The summed E-state index contributed by atoms with van der Waals surface area (Å²) in [6.07, 6.45) is 3.09. The van der Waals surface area contributed by atoms with Gasteiger partial charge in [-0.05, 0) is 12.2 Å². The highest BCUT2D eigenvalue weighted by Gasteiger charge is 2.03. The Bertz CT molecular complexity index is 316. The van der Waals surface area contributed by atoms with Gasteiger partial charge in [0.2, 0.25) is 0 Å². The van der Waals surface area contributed by atoms with Gasteiger partial charge in [-0.3, -0.25) is 0 Å². The Morgan fingerprint density at radius 1 is 1.53 bits per heavy atom. The van der Waals surface area contributed by atoms with Crippen LogP contribution in [-0.4, -0.2) is 22.8 Å². The van der Waals surface area contributed by atoms with Crippen molar-refractivity contribution in [1.29, 1.82) is 0 Å². The molecule has 3 N–H and O–H groups in total. The number of hydrogen-bond acceptors (Lipinski definition) is 5. The lowest BCUT2D eigenvalue weighted by Gasteiger charge is -2.11. The van der Waals surface area contributed by atoms with Crippen molar-refractivity contribution in [2.45, 2.75) is 25.4 Å². The highest BCUT2D eigenvalue weighted by molar-refractivity contribution is 7.98. The quantitative estimate of drug-likeness (QED) is 0.595. The summed E-state index contributed by atoms with van der Waals surface area (Å²) in [5, 5.41) is 3.98. The Labute approximate surface area is 95.1 Å². The van der Waals surface area contributed by atoms with Crippen LogP contribution >= 0.6 is 11.8 Å². The predicted molar refractivity (Wildman–Crippen MR) is 66.2 cm³/mol. The zero-order valence-electron chi connectivity index (χ0n) is 9.45. The van der Waals surface area contributed by atoms with E-state index in [1.807, 2.05) is 6.26 Å². The van der Waals surface area contributed by atoms with Crippen LogP contribution in [0.4, 0.5) is 11.6 Å². The van der Waals surface area contributed by atoms with E-state index < -0.39 is 0 Å². The number of hydrogen-bond donors (Lipinski definition) is 2. The molecule has 1 rings (SSSR count). The number of thioether (sulfide) groups is 1. The summed E-state index contributed by atoms with van der Waals surface area (Å²) < 4.78 is 0. The fraction of sp³-hybridized carbons (Fsp3) is 0.600. The average Bonchev–Trinajstić information content (AvgIpc) is 2.25. The second-order valence-electron chi connectivity index (χ2n) is 3.56. The number of nitrogens with zero attached hydrogens (tertiary/aromatic N) is 2. The van der Waals surface area contributed by atoms with Gasteiger partial charge < -0.3 is 11.1 Å². The van der Waals surface area contributed by atoms with Crippen molar-refractivity contribution in [2.24, 2.45) is 5.92 Å². The normalized spacial score (nSPS) is 12.5. The first-order valence-electron chi connectivity index (χ1n) is 5.08. The van der Waals surface area contributed by atoms with Gasteiger partial charge in [-0.2, -0.15) is 0 Å². The zero-order chi connectivity index (χ0) is 11.3. The molecule has 0 saturated heterocycles. The SMILES string of the molecule is CCC(C)CNc1cc(N)nc(SC)n1. The summed E-state index contributed by atoms with van der Waals surface area (Å²) in [5.74, 6) is 1.96. The van der Waals surface area contributed by atoms with Crippen LogP contribution in [-0.2, 0) is 0 Å². The molecule has 5 heteroatoms. The fourth-order valence-corrected chi connectivity index (χ4v) is 1.43. The monoisotopic (exact) mass is 226 g/mol. The number of nitrogens with two attached hydrogens (primary N) is 1. The molecule has 0 aliphatic carbocycles. The Morgan fingerprint density at radius 3 is 2.87 bits per heavy atom. The third-order valence-corrected chi connectivity index (χ3v) is 2.78. The van der Waals surface area contributed by atoms with Crippen LogP contribution in [0, 0.1) is 5.92 Å². The molecule has 1 aromatic heterocycles. The molecule has 84 valence electrons. The average molecular weight is 226 g/mol. The lowest BCUT2D eigenvalue weighted by atomic mass is 10.1. The van der Waals surface area contributed by atoms with E-state index >= 15 is 0 Å². The molecule has 0 aliphatic rings. The van der Waals surface area contributed by atoms with Crippen LogP contribution in [0.2, 0.25) is 0 Å². The summed E-state index contributed by atoms with van der Waals surface area (Å²) in [6.45, 7) is 5.29. The van der Waals surface area contributed by atoms with Gasteiger partial charge in [0.05, 0.1) is 0 Å². The van der Waals surface area contributed by atoms with E-state index in [4.69, 9.17) is 5.73 Å². The van der Waals surface area contributed by atoms with Crippen molar-refractivity contribution in [3.8, 4) is 0 Å². The van der Waals surface area contributed by atoms with Crippen LogP contribution in [0.3, 0.4) is 0 Å². The van der Waals surface area contributed by atoms with Crippen molar-refractivity contribution >= 4 is 23.4 Å². The van der Waals surface area contributed by atoms with Gasteiger partial charge in [0.1, 0.15) is 11.6 Å². The van der Waals surface area contributed by atoms with E-state index in [1.54, 1.807) is 6.07 Å². The van der Waals surface area contributed by atoms with Gasteiger partial charge in [0.15, 0.2) is 5.16 Å². The maximum Gasteiger partial charge on any atom is 0.191 e. The van der Waals surface area contributed by atoms with Gasteiger partial charge in [0, 0.05) is 12.6 Å². The molecule has 1 aromatic rings. The summed E-state index contributed by atoms with van der Waals surface area (Å²) in [5.41, 5.74) is 5.67. The molecule has 1 heterocycles.